The number of cyclic esters (lactones) is 1. The molecule has 1 amide bonds. The first-order valence-corrected chi connectivity index (χ1v) is 13.8. The summed E-state index contributed by atoms with van der Waals surface area (Å²) in [5, 5.41) is 2.59. The molecular formula is C29H49NO5. The summed E-state index contributed by atoms with van der Waals surface area (Å²) < 4.78 is 11.3. The monoisotopic (exact) mass is 491 g/mol. The lowest BCUT2D eigenvalue weighted by atomic mass is 9.87. The molecule has 35 heavy (non-hydrogen) atoms. The molecule has 200 valence electrons. The van der Waals surface area contributed by atoms with E-state index >= 15 is 0 Å². The summed E-state index contributed by atoms with van der Waals surface area (Å²) in [6.07, 6.45) is 21.0. The van der Waals surface area contributed by atoms with Gasteiger partial charge in [0.15, 0.2) is 0 Å². The zero-order valence-electron chi connectivity index (χ0n) is 22.5. The van der Waals surface area contributed by atoms with E-state index in [1.165, 1.54) is 25.7 Å². The summed E-state index contributed by atoms with van der Waals surface area (Å²) in [5.74, 6) is -0.434. The van der Waals surface area contributed by atoms with Crippen molar-refractivity contribution in [3.63, 3.8) is 0 Å². The van der Waals surface area contributed by atoms with Gasteiger partial charge in [0.05, 0.1) is 5.92 Å². The fraction of sp³-hybridized carbons (Fsp3) is 0.759. The summed E-state index contributed by atoms with van der Waals surface area (Å²) in [7, 11) is 0. The molecule has 0 radical (unpaired) electrons. The van der Waals surface area contributed by atoms with E-state index in [9.17, 15) is 14.4 Å². The molecule has 6 heteroatoms. The molecule has 0 aromatic heterocycles. The number of carbonyl (C=O) groups excluding carboxylic acids is 3. The van der Waals surface area contributed by atoms with Crippen LogP contribution < -0.4 is 5.32 Å². The standard InChI is InChI=1S/C29H49NO5/c1-5-7-9-11-12-13-14-15-16-18-24(34-29(33)26(30-22-31)20-23(3)4)21-27-25(28(32)35-27)19-17-10-8-6-2/h12-13,15-16,22-27H,5-11,14,17-21H2,1-4H3,(H,30,31)/b13-12-,16-15-/t24-,25+,26?,27+/m1/s1. The van der Waals surface area contributed by atoms with E-state index in [1.807, 2.05) is 19.9 Å². The maximum Gasteiger partial charge on any atom is 0.328 e. The van der Waals surface area contributed by atoms with Crippen LogP contribution >= 0.6 is 0 Å². The number of nitrogens with one attached hydrogen (secondary N) is 1. The van der Waals surface area contributed by atoms with E-state index in [0.717, 1.165) is 38.5 Å². The maximum atomic E-state index is 12.8. The predicted octanol–water partition coefficient (Wildman–Crippen LogP) is 6.43. The molecule has 0 aliphatic carbocycles. The molecule has 0 spiro atoms. The number of hydrogen-bond acceptors (Lipinski definition) is 5. The second-order valence-electron chi connectivity index (χ2n) is 10.1. The smallest absolute Gasteiger partial charge is 0.328 e. The quantitative estimate of drug-likeness (QED) is 0.0865. The molecule has 1 rings (SSSR count). The highest BCUT2D eigenvalue weighted by Crippen LogP contribution is 2.32. The minimum atomic E-state index is -0.668. The zero-order valence-corrected chi connectivity index (χ0v) is 22.5. The lowest BCUT2D eigenvalue weighted by Crippen LogP contribution is -2.48. The van der Waals surface area contributed by atoms with Gasteiger partial charge in [-0.3, -0.25) is 9.59 Å². The summed E-state index contributed by atoms with van der Waals surface area (Å²) in [6.45, 7) is 8.37. The number of ether oxygens (including phenoxy) is 2. The van der Waals surface area contributed by atoms with Crippen LogP contribution in [0, 0.1) is 11.8 Å². The Bertz CT molecular complexity index is 657. The van der Waals surface area contributed by atoms with E-state index in [2.05, 4.69) is 37.4 Å². The molecule has 6 nitrogen and oxygen atoms in total. The molecule has 4 atom stereocenters. The summed E-state index contributed by atoms with van der Waals surface area (Å²) in [4.78, 5) is 35.9. The highest BCUT2D eigenvalue weighted by molar-refractivity contribution is 5.79. The van der Waals surface area contributed by atoms with Crippen molar-refractivity contribution >= 4 is 18.3 Å². The molecular weight excluding hydrogens is 442 g/mol. The van der Waals surface area contributed by atoms with Crippen LogP contribution in [0.5, 0.6) is 0 Å². The van der Waals surface area contributed by atoms with Crippen molar-refractivity contribution in [1.29, 1.82) is 0 Å². The first kappa shape index (κ1) is 30.9. The lowest BCUT2D eigenvalue weighted by Gasteiger charge is -2.37. The number of hydrogen-bond donors (Lipinski definition) is 1. The average Bonchev–Trinajstić information content (AvgIpc) is 2.81. The highest BCUT2D eigenvalue weighted by Gasteiger charge is 2.43. The van der Waals surface area contributed by atoms with Crippen molar-refractivity contribution in [2.24, 2.45) is 11.8 Å². The Kier molecular flexibility index (Phi) is 16.9. The summed E-state index contributed by atoms with van der Waals surface area (Å²) >= 11 is 0. The Hall–Kier alpha value is -2.11. The first-order chi connectivity index (χ1) is 16.9. The fourth-order valence-electron chi connectivity index (χ4n) is 4.34. The van der Waals surface area contributed by atoms with Gasteiger partial charge in [0, 0.05) is 12.8 Å². The van der Waals surface area contributed by atoms with Gasteiger partial charge < -0.3 is 14.8 Å². The van der Waals surface area contributed by atoms with Crippen LogP contribution in [-0.2, 0) is 23.9 Å². The summed E-state index contributed by atoms with van der Waals surface area (Å²) in [5.41, 5.74) is 0. The Morgan fingerprint density at radius 1 is 1.03 bits per heavy atom. The van der Waals surface area contributed by atoms with Crippen molar-refractivity contribution in [1.82, 2.24) is 5.32 Å². The molecule has 1 unspecified atom stereocenters. The second-order valence-corrected chi connectivity index (χ2v) is 10.1. The van der Waals surface area contributed by atoms with Crippen LogP contribution in [0.25, 0.3) is 0 Å². The van der Waals surface area contributed by atoms with E-state index in [0.29, 0.717) is 25.7 Å². The summed E-state index contributed by atoms with van der Waals surface area (Å²) in [6, 6.07) is -0.668. The van der Waals surface area contributed by atoms with E-state index < -0.39 is 18.1 Å². The van der Waals surface area contributed by atoms with Gasteiger partial charge in [0.25, 0.3) is 0 Å². The van der Waals surface area contributed by atoms with Crippen LogP contribution in [0.1, 0.15) is 111 Å². The average molecular weight is 492 g/mol. The molecule has 1 N–H and O–H groups in total. The number of carbonyl (C=O) groups is 3. The van der Waals surface area contributed by atoms with Gasteiger partial charge in [0.2, 0.25) is 6.41 Å². The van der Waals surface area contributed by atoms with Crippen molar-refractivity contribution in [2.45, 2.75) is 129 Å². The van der Waals surface area contributed by atoms with Crippen LogP contribution in [0.15, 0.2) is 24.3 Å². The molecule has 0 aromatic rings. The third kappa shape index (κ3) is 13.5. The molecule has 1 heterocycles. The Labute approximate surface area is 213 Å². The SMILES string of the molecule is CCCCC/C=C\C/C=C\C[C@H](C[C@@H]1OC(=O)[C@H]1CCCCCC)OC(=O)C(CC(C)C)NC=O. The molecule has 0 bridgehead atoms. The van der Waals surface area contributed by atoms with Crippen LogP contribution in [-0.4, -0.2) is 36.6 Å². The predicted molar refractivity (Wildman–Crippen MR) is 141 cm³/mol. The van der Waals surface area contributed by atoms with Gasteiger partial charge >= 0.3 is 11.9 Å². The van der Waals surface area contributed by atoms with Crippen LogP contribution in [0.3, 0.4) is 0 Å². The Balaban J connectivity index is 2.70. The minimum absolute atomic E-state index is 0.109. The van der Waals surface area contributed by atoms with E-state index in [1.54, 1.807) is 0 Å². The third-order valence-corrected chi connectivity index (χ3v) is 6.41. The van der Waals surface area contributed by atoms with Crippen LogP contribution in [0.2, 0.25) is 0 Å². The molecule has 0 aromatic carbocycles. The lowest BCUT2D eigenvalue weighted by molar-refractivity contribution is -0.190. The van der Waals surface area contributed by atoms with Crippen LogP contribution in [0.4, 0.5) is 0 Å². The maximum absolute atomic E-state index is 12.8. The normalized spacial score (nSPS) is 19.5. The van der Waals surface area contributed by atoms with E-state index in [4.69, 9.17) is 9.47 Å². The number of amides is 1. The number of unbranched alkanes of at least 4 members (excludes halogenated alkanes) is 6. The number of esters is 2. The molecule has 1 saturated heterocycles. The molecule has 1 aliphatic heterocycles. The van der Waals surface area contributed by atoms with Gasteiger partial charge in [-0.15, -0.1) is 0 Å². The largest absolute Gasteiger partial charge is 0.461 e. The molecule has 1 fully saturated rings. The van der Waals surface area contributed by atoms with Gasteiger partial charge in [-0.05, 0) is 38.0 Å². The van der Waals surface area contributed by atoms with Crippen molar-refractivity contribution < 1.29 is 23.9 Å². The Morgan fingerprint density at radius 2 is 1.74 bits per heavy atom. The Morgan fingerprint density at radius 3 is 2.40 bits per heavy atom. The van der Waals surface area contributed by atoms with Gasteiger partial charge in [-0.2, -0.15) is 0 Å². The van der Waals surface area contributed by atoms with Crippen molar-refractivity contribution in [3.05, 3.63) is 24.3 Å². The molecule has 0 saturated carbocycles. The number of rotatable bonds is 21. The minimum Gasteiger partial charge on any atom is -0.461 e. The van der Waals surface area contributed by atoms with Gasteiger partial charge in [0.1, 0.15) is 18.2 Å². The van der Waals surface area contributed by atoms with Gasteiger partial charge in [-0.1, -0.05) is 90.5 Å². The zero-order chi connectivity index (χ0) is 25.9. The van der Waals surface area contributed by atoms with Crippen molar-refractivity contribution in [3.8, 4) is 0 Å². The van der Waals surface area contributed by atoms with E-state index in [-0.39, 0.29) is 23.9 Å². The third-order valence-electron chi connectivity index (χ3n) is 6.41. The highest BCUT2D eigenvalue weighted by atomic mass is 16.6. The number of allylic oxidation sites excluding steroid dienone is 3. The first-order valence-electron chi connectivity index (χ1n) is 13.8. The molecule has 1 aliphatic rings. The topological polar surface area (TPSA) is 81.7 Å². The van der Waals surface area contributed by atoms with Gasteiger partial charge in [-0.25, -0.2) is 4.79 Å². The van der Waals surface area contributed by atoms with Crippen molar-refractivity contribution in [2.75, 3.05) is 0 Å². The fourth-order valence-corrected chi connectivity index (χ4v) is 4.34. The second kappa shape index (κ2) is 19.1.